The largest absolute Gasteiger partial charge is 0.115 e. The van der Waals surface area contributed by atoms with Gasteiger partial charge in [0.25, 0.3) is 0 Å². The summed E-state index contributed by atoms with van der Waals surface area (Å²) in [5.74, 6) is 0. The second-order valence-corrected chi connectivity index (χ2v) is 15.3. The van der Waals surface area contributed by atoms with Gasteiger partial charge in [-0.2, -0.15) is 0 Å². The van der Waals surface area contributed by atoms with E-state index in [1.807, 2.05) is 10.4 Å². The number of allylic oxidation sites excluding steroid dienone is 2. The molecule has 0 aromatic heterocycles. The van der Waals surface area contributed by atoms with Crippen LogP contribution in [-0.2, 0) is 12.8 Å². The van der Waals surface area contributed by atoms with Gasteiger partial charge in [0, 0.05) is 0 Å². The average Bonchev–Trinajstić information content (AvgIpc) is 3.46. The average molecular weight is 425 g/mol. The maximum atomic E-state index is 2.70. The van der Waals surface area contributed by atoms with E-state index in [0.717, 1.165) is 11.1 Å². The molecule has 6 rings (SSSR count). The lowest BCUT2D eigenvalue weighted by atomic mass is 9.99. The minimum Gasteiger partial charge on any atom is -0.0704 e. The zero-order valence-corrected chi connectivity index (χ0v) is 19.9. The minimum absolute atomic E-state index is 0.963. The van der Waals surface area contributed by atoms with E-state index in [1.165, 1.54) is 88.2 Å². The van der Waals surface area contributed by atoms with E-state index in [-0.39, 0.29) is 0 Å². The normalized spacial score (nSPS) is 22.1. The second-order valence-electron chi connectivity index (χ2n) is 10.6. The lowest BCUT2D eigenvalue weighted by Crippen LogP contribution is -2.51. The Morgan fingerprint density at radius 2 is 0.935 bits per heavy atom. The van der Waals surface area contributed by atoms with Crippen LogP contribution in [0.2, 0.25) is 11.1 Å². The smallest absolute Gasteiger partial charge is 0.0704 e. The molecular formula is C30H36Si. The Balaban J connectivity index is 1.52. The molecule has 4 aliphatic rings. The molecule has 0 N–H and O–H groups in total. The molecule has 2 aromatic rings. The van der Waals surface area contributed by atoms with E-state index in [1.54, 1.807) is 11.1 Å². The lowest BCUT2D eigenvalue weighted by Gasteiger charge is -2.50. The molecule has 0 amide bonds. The zero-order chi connectivity index (χ0) is 20.7. The second kappa shape index (κ2) is 8.24. The summed E-state index contributed by atoms with van der Waals surface area (Å²) in [6.07, 6.45) is 22.6. The van der Waals surface area contributed by atoms with Gasteiger partial charge in [0.1, 0.15) is 8.07 Å². The van der Waals surface area contributed by atoms with Crippen LogP contribution < -0.4 is 0 Å². The van der Waals surface area contributed by atoms with Crippen LogP contribution in [0.3, 0.4) is 0 Å². The zero-order valence-electron chi connectivity index (χ0n) is 18.9. The van der Waals surface area contributed by atoms with E-state index in [4.69, 9.17) is 0 Å². The SMILES string of the molecule is C1=C([Si](C2=Cc3ccccc3C2)(C2CCCCC2)C2CCCCC2)Cc2ccccc21. The Labute approximate surface area is 189 Å². The van der Waals surface area contributed by atoms with E-state index in [2.05, 4.69) is 60.7 Å². The van der Waals surface area contributed by atoms with Crippen molar-refractivity contribution in [3.05, 3.63) is 81.2 Å². The first-order chi connectivity index (χ1) is 15.4. The summed E-state index contributed by atoms with van der Waals surface area (Å²) in [4.78, 5) is 0. The molecule has 31 heavy (non-hydrogen) atoms. The van der Waals surface area contributed by atoms with Crippen molar-refractivity contribution in [1.29, 1.82) is 0 Å². The number of hydrogen-bond acceptors (Lipinski definition) is 0. The van der Waals surface area contributed by atoms with Crippen molar-refractivity contribution in [1.82, 2.24) is 0 Å². The van der Waals surface area contributed by atoms with Crippen molar-refractivity contribution in [2.75, 3.05) is 0 Å². The van der Waals surface area contributed by atoms with Crippen molar-refractivity contribution >= 4 is 20.2 Å². The molecule has 0 heterocycles. The first kappa shape index (κ1) is 19.8. The Morgan fingerprint density at radius 3 is 1.35 bits per heavy atom. The van der Waals surface area contributed by atoms with Gasteiger partial charge in [0.2, 0.25) is 0 Å². The summed E-state index contributed by atoms with van der Waals surface area (Å²) in [7, 11) is -1.80. The standard InChI is InChI=1S/C30H36Si/c1-3-15-27(16-4-1)31(28-17-5-2-6-18-28,29-19-23-11-7-8-12-24(23)20-29)30-21-25-13-9-10-14-26(25)22-30/h7-14,19,21,27-28H,1-6,15-18,20,22H2. The third-order valence-electron chi connectivity index (χ3n) is 9.09. The Kier molecular flexibility index (Phi) is 5.26. The summed E-state index contributed by atoms with van der Waals surface area (Å²) >= 11 is 0. The van der Waals surface area contributed by atoms with Crippen molar-refractivity contribution in [2.45, 2.75) is 88.1 Å². The fourth-order valence-corrected chi connectivity index (χ4v) is 15.4. The number of fused-ring (bicyclic) bond motifs is 2. The van der Waals surface area contributed by atoms with Crippen LogP contribution in [0.1, 0.15) is 86.5 Å². The van der Waals surface area contributed by atoms with Crippen molar-refractivity contribution < 1.29 is 0 Å². The van der Waals surface area contributed by atoms with Crippen LogP contribution in [0.4, 0.5) is 0 Å². The van der Waals surface area contributed by atoms with Crippen LogP contribution in [0, 0.1) is 0 Å². The molecule has 2 saturated carbocycles. The molecule has 0 aliphatic heterocycles. The number of benzene rings is 2. The molecule has 0 spiro atoms. The van der Waals surface area contributed by atoms with Crippen LogP contribution in [-0.4, -0.2) is 8.07 Å². The van der Waals surface area contributed by atoms with E-state index in [9.17, 15) is 0 Å². The van der Waals surface area contributed by atoms with Gasteiger partial charge in [0.15, 0.2) is 0 Å². The highest BCUT2D eigenvalue weighted by Crippen LogP contribution is 2.58. The Bertz CT molecular complexity index is 931. The Hall–Kier alpha value is -1.86. The van der Waals surface area contributed by atoms with E-state index < -0.39 is 8.07 Å². The quantitative estimate of drug-likeness (QED) is 0.432. The molecule has 2 fully saturated rings. The maximum Gasteiger partial charge on any atom is 0.115 e. The predicted molar refractivity (Wildman–Crippen MR) is 136 cm³/mol. The molecule has 1 heteroatoms. The van der Waals surface area contributed by atoms with Crippen molar-refractivity contribution in [3.63, 3.8) is 0 Å². The molecule has 2 aromatic carbocycles. The third-order valence-corrected chi connectivity index (χ3v) is 15.6. The summed E-state index contributed by atoms with van der Waals surface area (Å²) in [6, 6.07) is 18.5. The van der Waals surface area contributed by atoms with Crippen molar-refractivity contribution in [3.8, 4) is 0 Å². The fourth-order valence-electron chi connectivity index (χ4n) is 7.80. The summed E-state index contributed by atoms with van der Waals surface area (Å²) in [6.45, 7) is 0. The molecule has 0 radical (unpaired) electrons. The molecule has 0 saturated heterocycles. The fraction of sp³-hybridized carbons (Fsp3) is 0.467. The van der Waals surface area contributed by atoms with Crippen LogP contribution in [0.15, 0.2) is 58.9 Å². The monoisotopic (exact) mass is 424 g/mol. The van der Waals surface area contributed by atoms with Gasteiger partial charge in [-0.1, -0.05) is 135 Å². The summed E-state index contributed by atoms with van der Waals surface area (Å²) < 4.78 is 0. The van der Waals surface area contributed by atoms with Crippen LogP contribution in [0.5, 0.6) is 0 Å². The lowest BCUT2D eigenvalue weighted by molar-refractivity contribution is 0.455. The molecule has 0 unspecified atom stereocenters. The maximum absolute atomic E-state index is 2.70. The van der Waals surface area contributed by atoms with E-state index in [0.29, 0.717) is 0 Å². The highest BCUT2D eigenvalue weighted by Gasteiger charge is 2.53. The topological polar surface area (TPSA) is 0 Å². The number of hydrogen-bond donors (Lipinski definition) is 0. The van der Waals surface area contributed by atoms with Gasteiger partial charge in [-0.25, -0.2) is 0 Å². The first-order valence-corrected chi connectivity index (χ1v) is 15.1. The van der Waals surface area contributed by atoms with Gasteiger partial charge in [0.05, 0.1) is 0 Å². The first-order valence-electron chi connectivity index (χ1n) is 12.9. The predicted octanol–water partition coefficient (Wildman–Crippen LogP) is 8.46. The molecule has 0 nitrogen and oxygen atoms in total. The third kappa shape index (κ3) is 3.32. The van der Waals surface area contributed by atoms with Crippen LogP contribution >= 0.6 is 0 Å². The highest BCUT2D eigenvalue weighted by atomic mass is 28.3. The minimum atomic E-state index is -1.80. The van der Waals surface area contributed by atoms with Gasteiger partial charge in [-0.15, -0.1) is 0 Å². The van der Waals surface area contributed by atoms with E-state index >= 15 is 0 Å². The van der Waals surface area contributed by atoms with Crippen molar-refractivity contribution in [2.24, 2.45) is 0 Å². The van der Waals surface area contributed by atoms with Gasteiger partial charge >= 0.3 is 0 Å². The molecule has 160 valence electrons. The molecule has 0 atom stereocenters. The van der Waals surface area contributed by atoms with Gasteiger partial charge in [-0.3, -0.25) is 0 Å². The Morgan fingerprint density at radius 1 is 0.516 bits per heavy atom. The number of rotatable bonds is 4. The molecular weight excluding hydrogens is 388 g/mol. The molecule has 4 aliphatic carbocycles. The summed E-state index contributed by atoms with van der Waals surface area (Å²) in [5.41, 5.74) is 8.17. The van der Waals surface area contributed by atoms with Crippen LogP contribution in [0.25, 0.3) is 12.2 Å². The molecule has 0 bridgehead atoms. The highest BCUT2D eigenvalue weighted by molar-refractivity contribution is 6.96. The van der Waals surface area contributed by atoms with Gasteiger partial charge < -0.3 is 0 Å². The van der Waals surface area contributed by atoms with Gasteiger partial charge in [-0.05, 0) is 46.2 Å². The summed E-state index contributed by atoms with van der Waals surface area (Å²) in [5, 5.41) is 3.82.